The van der Waals surface area contributed by atoms with Gasteiger partial charge in [0.05, 0.1) is 11.4 Å². The smallest absolute Gasteiger partial charge is 0.0682 e. The molecule has 1 aliphatic heterocycles. The fourth-order valence-electron chi connectivity index (χ4n) is 3.04. The van der Waals surface area contributed by atoms with E-state index in [2.05, 4.69) is 74.1 Å². The van der Waals surface area contributed by atoms with Crippen molar-refractivity contribution in [1.29, 1.82) is 0 Å². The number of rotatable bonds is 4. The lowest BCUT2D eigenvalue weighted by Gasteiger charge is -2.32. The third-order valence-electron chi connectivity index (χ3n) is 4.87. The van der Waals surface area contributed by atoms with Gasteiger partial charge in [0.25, 0.3) is 0 Å². The summed E-state index contributed by atoms with van der Waals surface area (Å²) in [6.07, 6.45) is 3.18. The molecule has 0 atom stereocenters. The zero-order valence-corrected chi connectivity index (χ0v) is 15.5. The maximum absolute atomic E-state index is 4.71. The van der Waals surface area contributed by atoms with Crippen LogP contribution < -0.4 is 0 Å². The number of aromatic nitrogens is 2. The van der Waals surface area contributed by atoms with Crippen LogP contribution in [0.1, 0.15) is 32.0 Å². The average molecular weight is 326 g/mol. The lowest BCUT2D eigenvalue weighted by Crippen LogP contribution is -2.45. The molecule has 0 bridgehead atoms. The van der Waals surface area contributed by atoms with Crippen LogP contribution in [0.25, 0.3) is 5.69 Å². The number of benzene rings is 1. The molecule has 1 saturated heterocycles. The van der Waals surface area contributed by atoms with Gasteiger partial charge < -0.3 is 9.80 Å². The number of nitrogens with zero attached hydrogens (tertiary/aromatic N) is 4. The summed E-state index contributed by atoms with van der Waals surface area (Å²) in [5, 5.41) is 4.71. The van der Waals surface area contributed by atoms with Crippen LogP contribution in [0.5, 0.6) is 0 Å². The van der Waals surface area contributed by atoms with E-state index in [0.29, 0.717) is 0 Å². The predicted octanol–water partition coefficient (Wildman–Crippen LogP) is 2.96. The third-order valence-corrected chi connectivity index (χ3v) is 4.87. The van der Waals surface area contributed by atoms with Gasteiger partial charge in [0.1, 0.15) is 0 Å². The molecule has 4 heteroatoms. The third kappa shape index (κ3) is 4.25. The lowest BCUT2D eigenvalue weighted by molar-refractivity contribution is 0.155. The van der Waals surface area contributed by atoms with E-state index in [0.717, 1.165) is 24.3 Å². The van der Waals surface area contributed by atoms with Crippen molar-refractivity contribution in [3.05, 3.63) is 47.8 Å². The summed E-state index contributed by atoms with van der Waals surface area (Å²) in [5.74, 6) is 0. The molecular weight excluding hydrogens is 296 g/mol. The minimum absolute atomic E-state index is 0.0910. The molecule has 0 unspecified atom stereocenters. The summed E-state index contributed by atoms with van der Waals surface area (Å²) in [6, 6.07) is 11.0. The Morgan fingerprint density at radius 2 is 1.62 bits per heavy atom. The fraction of sp³-hybridized carbons (Fsp3) is 0.550. The fourth-order valence-corrected chi connectivity index (χ4v) is 3.04. The molecule has 1 aromatic carbocycles. The zero-order chi connectivity index (χ0) is 17.2. The second kappa shape index (κ2) is 7.08. The Kier molecular flexibility index (Phi) is 5.07. The molecule has 0 spiro atoms. The van der Waals surface area contributed by atoms with Crippen LogP contribution >= 0.6 is 0 Å². The molecule has 3 rings (SSSR count). The molecule has 0 amide bonds. The van der Waals surface area contributed by atoms with Crippen molar-refractivity contribution >= 4 is 0 Å². The molecule has 0 N–H and O–H groups in total. The van der Waals surface area contributed by atoms with E-state index in [1.54, 1.807) is 0 Å². The monoisotopic (exact) mass is 326 g/mol. The largest absolute Gasteiger partial charge is 0.304 e. The topological polar surface area (TPSA) is 24.3 Å². The quantitative estimate of drug-likeness (QED) is 0.863. The second-order valence-electron chi connectivity index (χ2n) is 7.96. The Balaban J connectivity index is 1.58. The minimum Gasteiger partial charge on any atom is -0.304 e. The summed E-state index contributed by atoms with van der Waals surface area (Å²) in [4.78, 5) is 4.97. The van der Waals surface area contributed by atoms with Crippen LogP contribution in [0.2, 0.25) is 0 Å². The average Bonchev–Trinajstić information content (AvgIpc) is 3.05. The number of likely N-dealkylation sites (N-methyl/N-ethyl adjacent to an activating group) is 1. The van der Waals surface area contributed by atoms with Crippen molar-refractivity contribution in [3.8, 4) is 5.69 Å². The minimum atomic E-state index is 0.0910. The van der Waals surface area contributed by atoms with Crippen molar-refractivity contribution in [2.24, 2.45) is 0 Å². The first-order chi connectivity index (χ1) is 11.4. The van der Waals surface area contributed by atoms with E-state index in [1.165, 1.54) is 31.7 Å². The lowest BCUT2D eigenvalue weighted by atomic mass is 9.93. The first kappa shape index (κ1) is 17.2. The van der Waals surface area contributed by atoms with Gasteiger partial charge in [-0.1, -0.05) is 32.9 Å². The van der Waals surface area contributed by atoms with Crippen molar-refractivity contribution < 1.29 is 0 Å². The van der Waals surface area contributed by atoms with Gasteiger partial charge >= 0.3 is 0 Å². The SMILES string of the molecule is CN1CCN(CCc2ccc(-n3ccc(C(C)(C)C)n3)cc2)CC1. The summed E-state index contributed by atoms with van der Waals surface area (Å²) >= 11 is 0. The Hall–Kier alpha value is -1.65. The van der Waals surface area contributed by atoms with Crippen molar-refractivity contribution in [2.45, 2.75) is 32.6 Å². The number of hydrogen-bond acceptors (Lipinski definition) is 3. The van der Waals surface area contributed by atoms with E-state index in [-0.39, 0.29) is 5.41 Å². The second-order valence-corrected chi connectivity index (χ2v) is 7.96. The number of piperazine rings is 1. The summed E-state index contributed by atoms with van der Waals surface area (Å²) in [6.45, 7) is 12.5. The summed E-state index contributed by atoms with van der Waals surface area (Å²) in [7, 11) is 2.20. The summed E-state index contributed by atoms with van der Waals surface area (Å²) in [5.41, 5.74) is 3.75. The predicted molar refractivity (Wildman–Crippen MR) is 99.9 cm³/mol. The Labute approximate surface area is 146 Å². The standard InChI is InChI=1S/C20H30N4/c1-20(2,3)19-10-12-24(21-19)18-7-5-17(6-8-18)9-11-23-15-13-22(4)14-16-23/h5-8,10,12H,9,11,13-16H2,1-4H3. The molecule has 1 fully saturated rings. The maximum atomic E-state index is 4.71. The van der Waals surface area contributed by atoms with Crippen LogP contribution in [0, 0.1) is 0 Å². The van der Waals surface area contributed by atoms with Gasteiger partial charge in [-0.2, -0.15) is 5.10 Å². The Morgan fingerprint density at radius 1 is 0.958 bits per heavy atom. The van der Waals surface area contributed by atoms with Gasteiger partial charge in [0.15, 0.2) is 0 Å². The molecular formula is C20H30N4. The van der Waals surface area contributed by atoms with Crippen LogP contribution in [0.4, 0.5) is 0 Å². The Morgan fingerprint density at radius 3 is 2.21 bits per heavy atom. The van der Waals surface area contributed by atoms with Crippen LogP contribution in [-0.4, -0.2) is 59.4 Å². The molecule has 4 nitrogen and oxygen atoms in total. The summed E-state index contributed by atoms with van der Waals surface area (Å²) < 4.78 is 1.98. The van der Waals surface area contributed by atoms with Crippen LogP contribution in [0.3, 0.4) is 0 Å². The normalized spacial score (nSPS) is 17.3. The maximum Gasteiger partial charge on any atom is 0.0682 e. The molecule has 1 aromatic heterocycles. The highest BCUT2D eigenvalue weighted by molar-refractivity contribution is 5.34. The molecule has 2 aromatic rings. The van der Waals surface area contributed by atoms with Crippen LogP contribution in [-0.2, 0) is 11.8 Å². The van der Waals surface area contributed by atoms with Crippen LogP contribution in [0.15, 0.2) is 36.5 Å². The number of hydrogen-bond donors (Lipinski definition) is 0. The van der Waals surface area contributed by atoms with E-state index in [4.69, 9.17) is 5.10 Å². The molecule has 24 heavy (non-hydrogen) atoms. The highest BCUT2D eigenvalue weighted by Gasteiger charge is 2.17. The first-order valence-corrected chi connectivity index (χ1v) is 8.98. The van der Waals surface area contributed by atoms with Gasteiger partial charge in [-0.25, -0.2) is 4.68 Å². The van der Waals surface area contributed by atoms with Gasteiger partial charge in [-0.3, -0.25) is 0 Å². The van der Waals surface area contributed by atoms with Crippen molar-refractivity contribution in [1.82, 2.24) is 19.6 Å². The zero-order valence-electron chi connectivity index (χ0n) is 15.5. The van der Waals surface area contributed by atoms with Gasteiger partial charge in [0.2, 0.25) is 0 Å². The Bertz CT molecular complexity index is 643. The highest BCUT2D eigenvalue weighted by atomic mass is 15.3. The van der Waals surface area contributed by atoms with Gasteiger partial charge in [-0.15, -0.1) is 0 Å². The first-order valence-electron chi connectivity index (χ1n) is 8.98. The molecule has 0 saturated carbocycles. The molecule has 0 radical (unpaired) electrons. The van der Waals surface area contributed by atoms with E-state index in [9.17, 15) is 0 Å². The van der Waals surface area contributed by atoms with Gasteiger partial charge in [0, 0.05) is 44.3 Å². The van der Waals surface area contributed by atoms with E-state index >= 15 is 0 Å². The van der Waals surface area contributed by atoms with Crippen molar-refractivity contribution in [3.63, 3.8) is 0 Å². The van der Waals surface area contributed by atoms with Gasteiger partial charge in [-0.05, 0) is 37.2 Å². The molecule has 2 heterocycles. The van der Waals surface area contributed by atoms with Crippen molar-refractivity contribution in [2.75, 3.05) is 39.8 Å². The highest BCUT2D eigenvalue weighted by Crippen LogP contribution is 2.21. The molecule has 130 valence electrons. The van der Waals surface area contributed by atoms with E-state index in [1.807, 2.05) is 4.68 Å². The molecule has 0 aliphatic carbocycles. The molecule has 1 aliphatic rings. The van der Waals surface area contributed by atoms with E-state index < -0.39 is 0 Å².